The van der Waals surface area contributed by atoms with E-state index < -0.39 is 0 Å². The molecule has 0 aliphatic heterocycles. The second-order valence-corrected chi connectivity index (χ2v) is 7.22. The summed E-state index contributed by atoms with van der Waals surface area (Å²) < 4.78 is 3.24. The first-order valence-electron chi connectivity index (χ1n) is 8.66. The van der Waals surface area contributed by atoms with Gasteiger partial charge in [0.1, 0.15) is 6.54 Å². The third kappa shape index (κ3) is 3.59. The van der Waals surface area contributed by atoms with E-state index in [4.69, 9.17) is 0 Å². The molecule has 1 atom stereocenters. The van der Waals surface area contributed by atoms with Crippen molar-refractivity contribution in [1.29, 1.82) is 0 Å². The number of nitrogens with zero attached hydrogens (tertiary/aromatic N) is 3. The van der Waals surface area contributed by atoms with Crippen LogP contribution in [0.1, 0.15) is 18.5 Å². The Labute approximate surface area is 156 Å². The number of rotatable bonds is 7. The summed E-state index contributed by atoms with van der Waals surface area (Å²) in [5.41, 5.74) is 2.68. The molecular weight excluding hydrogens is 348 g/mol. The molecule has 2 aromatic heterocycles. The number of fused-ring (bicyclic) bond motifs is 1. The first kappa shape index (κ1) is 18.4. The van der Waals surface area contributed by atoms with Crippen LogP contribution in [0, 0.1) is 0 Å². The van der Waals surface area contributed by atoms with Gasteiger partial charge < -0.3 is 10.2 Å². The van der Waals surface area contributed by atoms with E-state index in [9.17, 15) is 9.59 Å². The van der Waals surface area contributed by atoms with Gasteiger partial charge in [0.05, 0.1) is 17.1 Å². The number of amides is 1. The Kier molecular flexibility index (Phi) is 5.58. The van der Waals surface area contributed by atoms with Gasteiger partial charge in [-0.25, -0.2) is 4.79 Å². The Balaban J connectivity index is 1.76. The number of carbonyl (C=O) groups excluding carboxylic acids is 1. The molecule has 3 aromatic rings. The first-order valence-corrected chi connectivity index (χ1v) is 9.60. The highest BCUT2D eigenvalue weighted by molar-refractivity contribution is 7.07. The average Bonchev–Trinajstić information content (AvgIpc) is 3.23. The molecule has 3 rings (SSSR count). The Bertz CT molecular complexity index is 940. The Morgan fingerprint density at radius 1 is 1.19 bits per heavy atom. The lowest BCUT2D eigenvalue weighted by Gasteiger charge is -2.24. The van der Waals surface area contributed by atoms with Gasteiger partial charge in [0, 0.05) is 13.1 Å². The van der Waals surface area contributed by atoms with Crippen molar-refractivity contribution in [2.45, 2.75) is 26.1 Å². The lowest BCUT2D eigenvalue weighted by molar-refractivity contribution is -0.121. The molecule has 0 spiro atoms. The summed E-state index contributed by atoms with van der Waals surface area (Å²) in [6.07, 6.45) is 0. The fourth-order valence-electron chi connectivity index (χ4n) is 3.20. The molecule has 7 heteroatoms. The predicted molar refractivity (Wildman–Crippen MR) is 106 cm³/mol. The van der Waals surface area contributed by atoms with Crippen LogP contribution in [0.25, 0.3) is 11.0 Å². The van der Waals surface area contributed by atoms with Gasteiger partial charge in [0.25, 0.3) is 0 Å². The Hall–Kier alpha value is -2.38. The molecule has 0 aliphatic rings. The van der Waals surface area contributed by atoms with E-state index >= 15 is 0 Å². The minimum atomic E-state index is -0.159. The maximum Gasteiger partial charge on any atom is 0.329 e. The number of likely N-dealkylation sites (N-methyl/N-ethyl adjacent to an activating group) is 1. The zero-order valence-electron chi connectivity index (χ0n) is 15.3. The standard InChI is InChI=1S/C19H24N4O2S/c1-4-22-15-7-5-6-8-16(15)23(19(22)25)12-18(24)20-11-17(21(2)3)14-9-10-26-13-14/h5-10,13,17H,4,11-12H2,1-3H3,(H,20,24). The van der Waals surface area contributed by atoms with Crippen LogP contribution in [0.15, 0.2) is 45.9 Å². The number of hydrogen-bond acceptors (Lipinski definition) is 4. The molecule has 1 unspecified atom stereocenters. The van der Waals surface area contributed by atoms with Crippen molar-refractivity contribution in [2.75, 3.05) is 20.6 Å². The molecule has 0 aliphatic carbocycles. The van der Waals surface area contributed by atoms with E-state index in [0.29, 0.717) is 13.1 Å². The van der Waals surface area contributed by atoms with Gasteiger partial charge in [0.2, 0.25) is 5.91 Å². The quantitative estimate of drug-likeness (QED) is 0.692. The molecule has 1 aromatic carbocycles. The maximum absolute atomic E-state index is 12.6. The van der Waals surface area contributed by atoms with Crippen LogP contribution in [0.2, 0.25) is 0 Å². The monoisotopic (exact) mass is 372 g/mol. The topological polar surface area (TPSA) is 59.3 Å². The molecule has 2 heterocycles. The fraction of sp³-hybridized carbons (Fsp3) is 0.368. The van der Waals surface area contributed by atoms with E-state index in [1.54, 1.807) is 20.5 Å². The molecule has 1 N–H and O–H groups in total. The van der Waals surface area contributed by atoms with Gasteiger partial charge in [-0.2, -0.15) is 11.3 Å². The predicted octanol–water partition coefficient (Wildman–Crippen LogP) is 2.30. The number of aryl methyl sites for hydroxylation is 1. The number of para-hydroxylation sites is 2. The molecule has 0 bridgehead atoms. The second kappa shape index (κ2) is 7.88. The minimum Gasteiger partial charge on any atom is -0.353 e. The molecule has 138 valence electrons. The van der Waals surface area contributed by atoms with Crippen LogP contribution >= 0.6 is 11.3 Å². The van der Waals surface area contributed by atoms with Crippen LogP contribution in [-0.4, -0.2) is 40.6 Å². The van der Waals surface area contributed by atoms with Crippen LogP contribution in [0.5, 0.6) is 0 Å². The fourth-order valence-corrected chi connectivity index (χ4v) is 3.91. The van der Waals surface area contributed by atoms with Gasteiger partial charge in [-0.15, -0.1) is 0 Å². The number of benzene rings is 1. The number of imidazole rings is 1. The molecule has 1 amide bonds. The maximum atomic E-state index is 12.6. The summed E-state index contributed by atoms with van der Waals surface area (Å²) in [6, 6.07) is 9.76. The summed E-state index contributed by atoms with van der Waals surface area (Å²) in [5.74, 6) is -0.159. The summed E-state index contributed by atoms with van der Waals surface area (Å²) in [6.45, 7) is 3.04. The van der Waals surface area contributed by atoms with Crippen LogP contribution < -0.4 is 11.0 Å². The number of hydrogen-bond donors (Lipinski definition) is 1. The summed E-state index contributed by atoms with van der Waals surface area (Å²) >= 11 is 1.64. The minimum absolute atomic E-state index is 0.0239. The van der Waals surface area contributed by atoms with Crippen molar-refractivity contribution in [2.24, 2.45) is 0 Å². The highest BCUT2D eigenvalue weighted by Gasteiger charge is 2.18. The van der Waals surface area contributed by atoms with Crippen molar-refractivity contribution >= 4 is 28.3 Å². The number of thiophene rings is 1. The van der Waals surface area contributed by atoms with Gasteiger partial charge >= 0.3 is 5.69 Å². The van der Waals surface area contributed by atoms with Crippen molar-refractivity contribution in [1.82, 2.24) is 19.4 Å². The lowest BCUT2D eigenvalue weighted by atomic mass is 10.1. The normalized spacial score (nSPS) is 12.6. The second-order valence-electron chi connectivity index (χ2n) is 6.44. The van der Waals surface area contributed by atoms with Crippen molar-refractivity contribution < 1.29 is 4.79 Å². The molecule has 0 saturated heterocycles. The highest BCUT2D eigenvalue weighted by Crippen LogP contribution is 2.20. The van der Waals surface area contributed by atoms with Crippen LogP contribution in [0.4, 0.5) is 0 Å². The Morgan fingerprint density at radius 2 is 1.88 bits per heavy atom. The summed E-state index contributed by atoms with van der Waals surface area (Å²) in [4.78, 5) is 27.2. The van der Waals surface area contributed by atoms with E-state index in [0.717, 1.165) is 11.0 Å². The van der Waals surface area contributed by atoms with Gasteiger partial charge in [-0.05, 0) is 55.5 Å². The van der Waals surface area contributed by atoms with Gasteiger partial charge in [-0.1, -0.05) is 12.1 Å². The Morgan fingerprint density at radius 3 is 2.46 bits per heavy atom. The molecule has 0 fully saturated rings. The third-order valence-corrected chi connectivity index (χ3v) is 5.29. The van der Waals surface area contributed by atoms with E-state index in [-0.39, 0.29) is 24.2 Å². The van der Waals surface area contributed by atoms with E-state index in [1.807, 2.05) is 50.7 Å². The van der Waals surface area contributed by atoms with Crippen LogP contribution in [-0.2, 0) is 17.9 Å². The molecule has 0 radical (unpaired) electrons. The molecule has 26 heavy (non-hydrogen) atoms. The van der Waals surface area contributed by atoms with Gasteiger partial charge in [0.15, 0.2) is 0 Å². The average molecular weight is 372 g/mol. The third-order valence-electron chi connectivity index (χ3n) is 4.59. The number of aromatic nitrogens is 2. The summed E-state index contributed by atoms with van der Waals surface area (Å²) in [5, 5.41) is 7.10. The highest BCUT2D eigenvalue weighted by atomic mass is 32.1. The van der Waals surface area contributed by atoms with Crippen molar-refractivity contribution in [3.8, 4) is 0 Å². The molecule has 0 saturated carbocycles. The van der Waals surface area contributed by atoms with Crippen LogP contribution in [0.3, 0.4) is 0 Å². The van der Waals surface area contributed by atoms with Crippen molar-refractivity contribution in [3.63, 3.8) is 0 Å². The van der Waals surface area contributed by atoms with Gasteiger partial charge in [-0.3, -0.25) is 13.9 Å². The summed E-state index contributed by atoms with van der Waals surface area (Å²) in [7, 11) is 3.99. The first-order chi connectivity index (χ1) is 12.5. The SMILES string of the molecule is CCn1c(=O)n(CC(=O)NCC(c2ccsc2)N(C)C)c2ccccc21. The van der Waals surface area contributed by atoms with Crippen molar-refractivity contribution in [3.05, 3.63) is 57.1 Å². The zero-order valence-corrected chi connectivity index (χ0v) is 16.1. The largest absolute Gasteiger partial charge is 0.353 e. The number of carbonyl (C=O) groups is 1. The number of nitrogens with one attached hydrogen (secondary N) is 1. The lowest BCUT2D eigenvalue weighted by Crippen LogP contribution is -2.37. The molecular formula is C19H24N4O2S. The van der Waals surface area contributed by atoms with E-state index in [1.165, 1.54) is 5.56 Å². The molecule has 6 nitrogen and oxygen atoms in total. The zero-order chi connectivity index (χ0) is 18.7. The smallest absolute Gasteiger partial charge is 0.329 e. The van der Waals surface area contributed by atoms with E-state index in [2.05, 4.69) is 21.7 Å².